The molecule has 0 saturated heterocycles. The first kappa shape index (κ1) is 13.3. The van der Waals surface area contributed by atoms with E-state index in [0.717, 1.165) is 0 Å². The number of carboxylic acids is 1. The maximum Gasteiger partial charge on any atom is 0.303 e. The van der Waals surface area contributed by atoms with Gasteiger partial charge in [0.05, 0.1) is 6.42 Å². The van der Waals surface area contributed by atoms with Crippen LogP contribution < -0.4 is 0 Å². The van der Waals surface area contributed by atoms with Gasteiger partial charge in [-0.2, -0.15) is 4.37 Å². The van der Waals surface area contributed by atoms with E-state index in [1.807, 2.05) is 0 Å². The molecule has 5 nitrogen and oxygen atoms in total. The van der Waals surface area contributed by atoms with Crippen molar-refractivity contribution in [1.82, 2.24) is 9.36 Å². The number of hydrogen-bond acceptors (Lipinski definition) is 5. The Kier molecular flexibility index (Phi) is 5.30. The van der Waals surface area contributed by atoms with Crippen molar-refractivity contribution in [2.75, 3.05) is 0 Å². The summed E-state index contributed by atoms with van der Waals surface area (Å²) in [6.45, 7) is 1.50. The van der Waals surface area contributed by atoms with E-state index in [4.69, 9.17) is 5.11 Å². The number of aliphatic carboxylic acids is 1. The molecule has 1 heterocycles. The van der Waals surface area contributed by atoms with Gasteiger partial charge in [-0.25, -0.2) is 4.98 Å². The third-order valence-corrected chi connectivity index (χ3v) is 2.47. The summed E-state index contributed by atoms with van der Waals surface area (Å²) in [5.74, 6) is 5.18. The van der Waals surface area contributed by atoms with Crippen LogP contribution in [0.15, 0.2) is 0 Å². The number of carboxylic acid groups (broad SMARTS) is 1. The van der Waals surface area contributed by atoms with Crippen molar-refractivity contribution >= 4 is 23.3 Å². The molecule has 0 unspecified atom stereocenters. The third kappa shape index (κ3) is 5.78. The lowest BCUT2D eigenvalue weighted by Gasteiger charge is -1.87. The van der Waals surface area contributed by atoms with E-state index in [-0.39, 0.29) is 12.2 Å². The molecule has 0 aliphatic carbocycles. The third-order valence-electron chi connectivity index (χ3n) is 1.76. The molecule has 0 radical (unpaired) electrons. The largest absolute Gasteiger partial charge is 0.481 e. The van der Waals surface area contributed by atoms with Crippen molar-refractivity contribution in [3.05, 3.63) is 10.8 Å². The Morgan fingerprint density at radius 3 is 2.88 bits per heavy atom. The van der Waals surface area contributed by atoms with Gasteiger partial charge in [0, 0.05) is 12.8 Å². The van der Waals surface area contributed by atoms with E-state index in [9.17, 15) is 9.59 Å². The Morgan fingerprint density at radius 2 is 2.24 bits per heavy atom. The van der Waals surface area contributed by atoms with Crippen molar-refractivity contribution in [2.45, 2.75) is 32.6 Å². The quantitative estimate of drug-likeness (QED) is 0.630. The van der Waals surface area contributed by atoms with Crippen LogP contribution in [0.3, 0.4) is 0 Å². The van der Waals surface area contributed by atoms with Gasteiger partial charge < -0.3 is 5.11 Å². The predicted molar refractivity (Wildman–Crippen MR) is 62.7 cm³/mol. The van der Waals surface area contributed by atoms with Crippen LogP contribution in [0.25, 0.3) is 0 Å². The fraction of sp³-hybridized carbons (Fsp3) is 0.455. The monoisotopic (exact) mass is 252 g/mol. The van der Waals surface area contributed by atoms with Gasteiger partial charge in [0.25, 0.3) is 0 Å². The molecule has 1 aromatic rings. The van der Waals surface area contributed by atoms with Gasteiger partial charge in [0.2, 0.25) is 5.82 Å². The number of ketones is 1. The first-order valence-corrected chi connectivity index (χ1v) is 5.88. The number of hydrogen-bond donors (Lipinski definition) is 1. The van der Waals surface area contributed by atoms with Gasteiger partial charge in [0.15, 0.2) is 0 Å². The Balaban J connectivity index is 2.41. The first-order chi connectivity index (χ1) is 8.08. The van der Waals surface area contributed by atoms with Crippen LogP contribution in [0.5, 0.6) is 0 Å². The SMILES string of the molecule is CC(=O)Cc1nc(C#CCCCC(=O)O)ns1. The maximum atomic E-state index is 10.8. The van der Waals surface area contributed by atoms with Crippen LogP contribution in [0.1, 0.15) is 37.0 Å². The summed E-state index contributed by atoms with van der Waals surface area (Å²) in [5.41, 5.74) is 0. The highest BCUT2D eigenvalue weighted by atomic mass is 32.1. The van der Waals surface area contributed by atoms with Crippen LogP contribution in [-0.4, -0.2) is 26.2 Å². The molecule has 90 valence electrons. The average Bonchev–Trinajstić information content (AvgIpc) is 2.63. The molecular weight excluding hydrogens is 240 g/mol. The van der Waals surface area contributed by atoms with E-state index in [1.54, 1.807) is 0 Å². The van der Waals surface area contributed by atoms with E-state index in [0.29, 0.717) is 30.1 Å². The molecule has 1 N–H and O–H groups in total. The van der Waals surface area contributed by atoms with Crippen LogP contribution in [-0.2, 0) is 16.0 Å². The highest BCUT2D eigenvalue weighted by molar-refractivity contribution is 7.05. The second-order valence-corrected chi connectivity index (χ2v) is 4.28. The molecule has 0 spiro atoms. The van der Waals surface area contributed by atoms with Crippen LogP contribution in [0.2, 0.25) is 0 Å². The lowest BCUT2D eigenvalue weighted by atomic mass is 10.2. The van der Waals surface area contributed by atoms with Gasteiger partial charge in [-0.1, -0.05) is 5.92 Å². The summed E-state index contributed by atoms with van der Waals surface area (Å²) in [5, 5.41) is 9.07. The van der Waals surface area contributed by atoms with Gasteiger partial charge in [-0.3, -0.25) is 9.59 Å². The van der Waals surface area contributed by atoms with Crippen molar-refractivity contribution in [3.63, 3.8) is 0 Å². The molecule has 0 fully saturated rings. The van der Waals surface area contributed by atoms with E-state index in [2.05, 4.69) is 21.2 Å². The van der Waals surface area contributed by atoms with E-state index in [1.165, 1.54) is 18.5 Å². The van der Waals surface area contributed by atoms with Crippen molar-refractivity contribution in [3.8, 4) is 11.8 Å². The van der Waals surface area contributed by atoms with E-state index < -0.39 is 5.97 Å². The van der Waals surface area contributed by atoms with Gasteiger partial charge in [0.1, 0.15) is 10.8 Å². The topological polar surface area (TPSA) is 80.2 Å². The molecule has 6 heteroatoms. The standard InChI is InChI=1S/C11H12N2O3S/c1-8(14)7-10-12-9(13-17-10)5-3-2-4-6-11(15)16/h2,4,6-7H2,1H3,(H,15,16). The summed E-state index contributed by atoms with van der Waals surface area (Å²) in [6.07, 6.45) is 1.44. The molecule has 0 bridgehead atoms. The van der Waals surface area contributed by atoms with Gasteiger partial charge >= 0.3 is 5.97 Å². The first-order valence-electron chi connectivity index (χ1n) is 5.10. The number of aromatic nitrogens is 2. The molecule has 0 amide bonds. The van der Waals surface area contributed by atoms with Gasteiger partial charge in [-0.05, 0) is 30.8 Å². The molecule has 1 rings (SSSR count). The second kappa shape index (κ2) is 6.76. The number of carbonyl (C=O) groups is 2. The second-order valence-electron chi connectivity index (χ2n) is 3.44. The highest BCUT2D eigenvalue weighted by Gasteiger charge is 2.03. The zero-order valence-electron chi connectivity index (χ0n) is 9.39. The minimum Gasteiger partial charge on any atom is -0.481 e. The zero-order chi connectivity index (χ0) is 12.7. The average molecular weight is 252 g/mol. The lowest BCUT2D eigenvalue weighted by Crippen LogP contribution is -1.95. The number of Topliss-reactive ketones (excluding diaryl/α,β-unsaturated/α-hetero) is 1. The minimum absolute atomic E-state index is 0.0436. The lowest BCUT2D eigenvalue weighted by molar-refractivity contribution is -0.137. The molecule has 1 aromatic heterocycles. The number of carbonyl (C=O) groups excluding carboxylic acids is 1. The Morgan fingerprint density at radius 1 is 1.47 bits per heavy atom. The molecule has 0 saturated carbocycles. The summed E-state index contributed by atoms with van der Waals surface area (Å²) in [7, 11) is 0. The Bertz CT molecular complexity index is 471. The summed E-state index contributed by atoms with van der Waals surface area (Å²) in [6, 6.07) is 0. The number of nitrogens with zero attached hydrogens (tertiary/aromatic N) is 2. The Hall–Kier alpha value is -1.74. The fourth-order valence-electron chi connectivity index (χ4n) is 1.06. The minimum atomic E-state index is -0.817. The molecule has 0 atom stereocenters. The Labute approximate surface area is 103 Å². The van der Waals surface area contributed by atoms with Crippen LogP contribution in [0, 0.1) is 11.8 Å². The normalized spacial score (nSPS) is 9.47. The summed E-state index contributed by atoms with van der Waals surface area (Å²) in [4.78, 5) is 25.1. The molecule has 0 aromatic carbocycles. The van der Waals surface area contributed by atoms with Crippen molar-refractivity contribution in [2.24, 2.45) is 0 Å². The maximum absolute atomic E-state index is 10.8. The molecule has 0 aliphatic rings. The highest BCUT2D eigenvalue weighted by Crippen LogP contribution is 2.05. The molecule has 0 aliphatic heterocycles. The van der Waals surface area contributed by atoms with Crippen molar-refractivity contribution < 1.29 is 14.7 Å². The zero-order valence-corrected chi connectivity index (χ0v) is 10.2. The van der Waals surface area contributed by atoms with Crippen LogP contribution in [0.4, 0.5) is 0 Å². The number of rotatable bonds is 5. The summed E-state index contributed by atoms with van der Waals surface area (Å²) < 4.78 is 3.99. The molecule has 17 heavy (non-hydrogen) atoms. The van der Waals surface area contributed by atoms with Gasteiger partial charge in [-0.15, -0.1) is 0 Å². The van der Waals surface area contributed by atoms with E-state index >= 15 is 0 Å². The van der Waals surface area contributed by atoms with Crippen molar-refractivity contribution in [1.29, 1.82) is 0 Å². The number of unbranched alkanes of at least 4 members (excludes halogenated alkanes) is 1. The molecular formula is C11H12N2O3S. The predicted octanol–water partition coefficient (Wildman–Crippen LogP) is 1.28. The fourth-order valence-corrected chi connectivity index (χ4v) is 1.73. The summed E-state index contributed by atoms with van der Waals surface area (Å²) >= 11 is 1.17. The smallest absolute Gasteiger partial charge is 0.303 e. The van der Waals surface area contributed by atoms with Crippen LogP contribution >= 0.6 is 11.5 Å².